The minimum Gasteiger partial charge on any atom is -0.255 e. The van der Waals surface area contributed by atoms with E-state index in [-0.39, 0.29) is 5.56 Å². The Hall–Kier alpha value is -1.92. The predicted molar refractivity (Wildman–Crippen MR) is 59.4 cm³/mol. The van der Waals surface area contributed by atoms with E-state index in [1.165, 1.54) is 12.1 Å². The van der Waals surface area contributed by atoms with Crippen LogP contribution in [0.15, 0.2) is 36.5 Å². The fourth-order valence-electron chi connectivity index (χ4n) is 1.36. The number of halogens is 2. The van der Waals surface area contributed by atoms with Crippen molar-refractivity contribution in [2.45, 2.75) is 0 Å². The lowest BCUT2D eigenvalue weighted by Gasteiger charge is -2.03. The summed E-state index contributed by atoms with van der Waals surface area (Å²) in [6.45, 7) is 0. The van der Waals surface area contributed by atoms with Crippen LogP contribution in [0, 0.1) is 17.1 Å². The van der Waals surface area contributed by atoms with Crippen molar-refractivity contribution in [1.82, 2.24) is 4.98 Å². The summed E-state index contributed by atoms with van der Waals surface area (Å²) in [5.41, 5.74) is 1.16. The number of aromatic nitrogens is 1. The first kappa shape index (κ1) is 10.6. The molecule has 0 spiro atoms. The Morgan fingerprint density at radius 1 is 1.31 bits per heavy atom. The molecular formula is C12H6ClFN2. The molecule has 2 rings (SSSR count). The van der Waals surface area contributed by atoms with Crippen molar-refractivity contribution >= 4 is 11.6 Å². The van der Waals surface area contributed by atoms with Gasteiger partial charge in [0.15, 0.2) is 0 Å². The standard InChI is InChI=1S/C12H6ClFN2/c13-10-2-1-5-16-12(10)8-3-4-11(14)9(6-8)7-15/h1-6H. The highest BCUT2D eigenvalue weighted by Crippen LogP contribution is 2.26. The Labute approximate surface area is 96.9 Å². The second kappa shape index (κ2) is 4.30. The van der Waals surface area contributed by atoms with Crippen molar-refractivity contribution in [3.63, 3.8) is 0 Å². The van der Waals surface area contributed by atoms with Gasteiger partial charge in [-0.2, -0.15) is 5.26 Å². The van der Waals surface area contributed by atoms with Crippen molar-refractivity contribution in [2.75, 3.05) is 0 Å². The molecular weight excluding hydrogens is 227 g/mol. The fraction of sp³-hybridized carbons (Fsp3) is 0. The molecule has 1 aromatic carbocycles. The van der Waals surface area contributed by atoms with Gasteiger partial charge in [-0.1, -0.05) is 11.6 Å². The van der Waals surface area contributed by atoms with Crippen LogP contribution in [-0.2, 0) is 0 Å². The molecule has 0 atom stereocenters. The molecule has 4 heteroatoms. The SMILES string of the molecule is N#Cc1cc(-c2ncccc2Cl)ccc1F. The van der Waals surface area contributed by atoms with E-state index in [4.69, 9.17) is 16.9 Å². The van der Waals surface area contributed by atoms with E-state index in [2.05, 4.69) is 4.98 Å². The zero-order valence-corrected chi connectivity index (χ0v) is 8.87. The lowest BCUT2D eigenvalue weighted by Crippen LogP contribution is -1.88. The summed E-state index contributed by atoms with van der Waals surface area (Å²) in [4.78, 5) is 4.09. The summed E-state index contributed by atoms with van der Waals surface area (Å²) >= 11 is 5.95. The molecule has 0 saturated heterocycles. The van der Waals surface area contributed by atoms with Crippen molar-refractivity contribution in [3.8, 4) is 17.3 Å². The highest BCUT2D eigenvalue weighted by molar-refractivity contribution is 6.33. The molecule has 1 aromatic heterocycles. The number of nitriles is 1. The molecule has 2 aromatic rings. The average molecular weight is 233 g/mol. The topological polar surface area (TPSA) is 36.7 Å². The van der Waals surface area contributed by atoms with Crippen molar-refractivity contribution < 1.29 is 4.39 Å². The Morgan fingerprint density at radius 2 is 2.12 bits per heavy atom. The van der Waals surface area contributed by atoms with Crippen molar-refractivity contribution in [2.24, 2.45) is 0 Å². The van der Waals surface area contributed by atoms with Gasteiger partial charge in [0.25, 0.3) is 0 Å². The lowest BCUT2D eigenvalue weighted by molar-refractivity contribution is 0.624. The molecule has 78 valence electrons. The van der Waals surface area contributed by atoms with E-state index in [1.54, 1.807) is 30.5 Å². The van der Waals surface area contributed by atoms with Gasteiger partial charge in [-0.3, -0.25) is 4.98 Å². The third-order valence-electron chi connectivity index (χ3n) is 2.12. The van der Waals surface area contributed by atoms with Crippen LogP contribution in [-0.4, -0.2) is 4.98 Å². The van der Waals surface area contributed by atoms with Crippen LogP contribution >= 0.6 is 11.6 Å². The van der Waals surface area contributed by atoms with E-state index in [1.807, 2.05) is 0 Å². The predicted octanol–water partition coefficient (Wildman–Crippen LogP) is 3.41. The van der Waals surface area contributed by atoms with Crippen molar-refractivity contribution in [3.05, 3.63) is 52.9 Å². The Balaban J connectivity index is 2.59. The quantitative estimate of drug-likeness (QED) is 0.756. The maximum absolute atomic E-state index is 13.1. The maximum atomic E-state index is 13.1. The highest BCUT2D eigenvalue weighted by Gasteiger charge is 2.07. The van der Waals surface area contributed by atoms with Crippen LogP contribution < -0.4 is 0 Å². The summed E-state index contributed by atoms with van der Waals surface area (Å²) in [6, 6.07) is 9.40. The van der Waals surface area contributed by atoms with Crippen molar-refractivity contribution in [1.29, 1.82) is 5.26 Å². The number of rotatable bonds is 1. The molecule has 0 bridgehead atoms. The minimum absolute atomic E-state index is 0.0146. The van der Waals surface area contributed by atoms with E-state index < -0.39 is 5.82 Å². The van der Waals surface area contributed by atoms with Crippen LogP contribution in [0.2, 0.25) is 5.02 Å². The van der Waals surface area contributed by atoms with Gasteiger partial charge in [0.05, 0.1) is 16.3 Å². The largest absolute Gasteiger partial charge is 0.255 e. The van der Waals surface area contributed by atoms with Gasteiger partial charge in [0.1, 0.15) is 11.9 Å². The number of pyridine rings is 1. The average Bonchev–Trinajstić information content (AvgIpc) is 2.31. The Morgan fingerprint density at radius 3 is 2.81 bits per heavy atom. The third-order valence-corrected chi connectivity index (χ3v) is 2.42. The Kier molecular flexibility index (Phi) is 2.84. The smallest absolute Gasteiger partial charge is 0.140 e. The van der Waals surface area contributed by atoms with Gasteiger partial charge >= 0.3 is 0 Å². The van der Waals surface area contributed by atoms with Gasteiger partial charge in [-0.05, 0) is 30.3 Å². The van der Waals surface area contributed by atoms with Crippen LogP contribution in [0.5, 0.6) is 0 Å². The number of hydrogen-bond donors (Lipinski definition) is 0. The summed E-state index contributed by atoms with van der Waals surface area (Å²) < 4.78 is 13.1. The van der Waals surface area contributed by atoms with Gasteiger partial charge in [0.2, 0.25) is 0 Å². The van der Waals surface area contributed by atoms with Gasteiger partial charge in [-0.15, -0.1) is 0 Å². The lowest BCUT2D eigenvalue weighted by atomic mass is 10.1. The molecule has 0 aliphatic rings. The second-order valence-corrected chi connectivity index (χ2v) is 3.55. The number of hydrogen-bond acceptors (Lipinski definition) is 2. The van der Waals surface area contributed by atoms with Crippen LogP contribution in [0.1, 0.15) is 5.56 Å². The molecule has 0 amide bonds. The Bertz CT molecular complexity index is 575. The van der Waals surface area contributed by atoms with Gasteiger partial charge in [-0.25, -0.2) is 4.39 Å². The minimum atomic E-state index is -0.543. The zero-order valence-electron chi connectivity index (χ0n) is 8.11. The van der Waals surface area contributed by atoms with Gasteiger partial charge in [0, 0.05) is 11.8 Å². The second-order valence-electron chi connectivity index (χ2n) is 3.14. The molecule has 1 heterocycles. The molecule has 0 fully saturated rings. The van der Waals surface area contributed by atoms with Crippen LogP contribution in [0.3, 0.4) is 0 Å². The van der Waals surface area contributed by atoms with E-state index >= 15 is 0 Å². The van der Waals surface area contributed by atoms with E-state index in [0.717, 1.165) is 0 Å². The normalized spacial score (nSPS) is 9.81. The maximum Gasteiger partial charge on any atom is 0.140 e. The van der Waals surface area contributed by atoms with E-state index in [9.17, 15) is 4.39 Å². The summed E-state index contributed by atoms with van der Waals surface area (Å²) in [5, 5.41) is 9.19. The molecule has 0 N–H and O–H groups in total. The molecule has 0 radical (unpaired) electrons. The first-order valence-corrected chi connectivity index (χ1v) is 4.90. The van der Waals surface area contributed by atoms with Crippen LogP contribution in [0.4, 0.5) is 4.39 Å². The summed E-state index contributed by atoms with van der Waals surface area (Å²) in [7, 11) is 0. The number of benzene rings is 1. The molecule has 0 aliphatic heterocycles. The molecule has 0 unspecified atom stereocenters. The molecule has 16 heavy (non-hydrogen) atoms. The highest BCUT2D eigenvalue weighted by atomic mass is 35.5. The molecule has 0 saturated carbocycles. The summed E-state index contributed by atoms with van der Waals surface area (Å²) in [6.07, 6.45) is 1.59. The molecule has 0 aliphatic carbocycles. The van der Waals surface area contributed by atoms with Gasteiger partial charge < -0.3 is 0 Å². The monoisotopic (exact) mass is 232 g/mol. The fourth-order valence-corrected chi connectivity index (χ4v) is 1.59. The number of nitrogens with zero attached hydrogens (tertiary/aromatic N) is 2. The first-order chi connectivity index (χ1) is 7.72. The third kappa shape index (κ3) is 1.88. The van der Waals surface area contributed by atoms with E-state index in [0.29, 0.717) is 16.3 Å². The summed E-state index contributed by atoms with van der Waals surface area (Å²) in [5.74, 6) is -0.543. The zero-order chi connectivity index (χ0) is 11.5. The molecule has 2 nitrogen and oxygen atoms in total. The first-order valence-electron chi connectivity index (χ1n) is 4.53. The van der Waals surface area contributed by atoms with Crippen LogP contribution in [0.25, 0.3) is 11.3 Å².